The maximum atomic E-state index is 13.1. The summed E-state index contributed by atoms with van der Waals surface area (Å²) in [7, 11) is 3.11. The lowest BCUT2D eigenvalue weighted by Gasteiger charge is -2.24. The number of methoxy groups -OCH3 is 2. The average molecular weight is 928 g/mol. The Hall–Kier alpha value is -6.98. The summed E-state index contributed by atoms with van der Waals surface area (Å²) < 4.78 is 43.9. The maximum Gasteiger partial charge on any atom is 0.410 e. The number of Topliss-reactive ketones (excluding diaryl/α,β-unsaturated/α-hetero) is 1. The number of aromatic nitrogens is 2. The number of carboxylic acid groups (broad SMARTS) is 1. The van der Waals surface area contributed by atoms with Crippen molar-refractivity contribution in [2.24, 2.45) is 11.8 Å². The van der Waals surface area contributed by atoms with Gasteiger partial charge in [0.25, 0.3) is 0 Å². The number of nitrogens with two attached hydrogens (primary N) is 1. The number of hydrogen-bond acceptors (Lipinski definition) is 15. The Labute approximate surface area is 390 Å². The predicted octanol–water partition coefficient (Wildman–Crippen LogP) is 7.34. The second-order valence-corrected chi connectivity index (χ2v) is 18.2. The fraction of sp³-hybridized carbons (Fsp3) is 0.469. The summed E-state index contributed by atoms with van der Waals surface area (Å²) in [6, 6.07) is 18.5. The predicted molar refractivity (Wildman–Crippen MR) is 247 cm³/mol. The van der Waals surface area contributed by atoms with E-state index in [1.54, 1.807) is 58.1 Å². The van der Waals surface area contributed by atoms with Crippen LogP contribution in [0.1, 0.15) is 59.9 Å². The summed E-state index contributed by atoms with van der Waals surface area (Å²) in [5.41, 5.74) is 9.16. The van der Waals surface area contributed by atoms with Crippen molar-refractivity contribution in [1.29, 1.82) is 0 Å². The third-order valence-electron chi connectivity index (χ3n) is 10.7. The minimum Gasteiger partial charge on any atom is -0.486 e. The number of rotatable bonds is 8. The van der Waals surface area contributed by atoms with Gasteiger partial charge in [-0.05, 0) is 96.3 Å². The molecule has 0 aliphatic carbocycles. The molecule has 0 unspecified atom stereocenters. The standard InChI is InChI=1S/C25H30N2O6.C14H14N2O3.C10H17NO4/c1-25(2,3)33-24(29)27-9-8-17(15-27)20(28)13-16-12-19(26-22(14-16)30-4)18-6-5-7-21-23(18)32-11-10-31-21;1-17-13-8-9(15)7-11(16-13)10-3-2-4-12-14(10)19-6-5-18-12;1-10(2,3)15-9(14)11-5-4-7(6-11)8(12)13/h5-7,12,14,17H,8-11,13,15H2,1-4H3;2-4,7-8H,5-6H2,1H3,(H2,15,16);7H,4-6H2,1-3H3,(H,12,13)/t17-;;7-/m1.1/s1. The largest absolute Gasteiger partial charge is 0.486 e. The molecule has 8 rings (SSSR count). The highest BCUT2D eigenvalue weighted by molar-refractivity contribution is 5.85. The van der Waals surface area contributed by atoms with E-state index in [0.29, 0.717) is 105 Å². The molecule has 2 aromatic heterocycles. The molecule has 2 aromatic carbocycles. The Balaban J connectivity index is 0.000000184. The van der Waals surface area contributed by atoms with E-state index >= 15 is 0 Å². The Morgan fingerprint density at radius 1 is 0.672 bits per heavy atom. The van der Waals surface area contributed by atoms with Crippen molar-refractivity contribution in [2.75, 3.05) is 72.6 Å². The third-order valence-corrected chi connectivity index (χ3v) is 10.7. The maximum absolute atomic E-state index is 13.1. The first kappa shape index (κ1) is 49.5. The van der Waals surface area contributed by atoms with Gasteiger partial charge in [-0.15, -0.1) is 0 Å². The smallest absolute Gasteiger partial charge is 0.410 e. The van der Waals surface area contributed by atoms with Crippen LogP contribution in [0.15, 0.2) is 60.7 Å². The Morgan fingerprint density at radius 2 is 1.13 bits per heavy atom. The van der Waals surface area contributed by atoms with E-state index in [1.807, 2.05) is 63.2 Å². The summed E-state index contributed by atoms with van der Waals surface area (Å²) in [5, 5.41) is 8.77. The van der Waals surface area contributed by atoms with Gasteiger partial charge in [-0.3, -0.25) is 9.59 Å². The number of ether oxygens (including phenoxy) is 8. The van der Waals surface area contributed by atoms with Gasteiger partial charge in [0.15, 0.2) is 23.0 Å². The number of likely N-dealkylation sites (tertiary alicyclic amines) is 2. The molecule has 18 nitrogen and oxygen atoms in total. The molecule has 2 amide bonds. The van der Waals surface area contributed by atoms with Crippen LogP contribution in [-0.2, 0) is 25.5 Å². The first-order valence-corrected chi connectivity index (χ1v) is 22.2. The quantitative estimate of drug-likeness (QED) is 0.177. The second kappa shape index (κ2) is 21.5. The van der Waals surface area contributed by atoms with Crippen LogP contribution in [0.4, 0.5) is 15.3 Å². The van der Waals surface area contributed by atoms with Crippen molar-refractivity contribution >= 4 is 29.6 Å². The number of fused-ring (bicyclic) bond motifs is 2. The van der Waals surface area contributed by atoms with Gasteiger partial charge in [-0.25, -0.2) is 19.6 Å². The van der Waals surface area contributed by atoms with Gasteiger partial charge in [0.2, 0.25) is 11.8 Å². The number of anilines is 1. The van der Waals surface area contributed by atoms with Crippen LogP contribution in [0.5, 0.6) is 34.8 Å². The molecule has 67 heavy (non-hydrogen) atoms. The lowest BCUT2D eigenvalue weighted by molar-refractivity contribution is -0.141. The zero-order chi connectivity index (χ0) is 48.5. The van der Waals surface area contributed by atoms with Crippen LogP contribution in [-0.4, -0.2) is 127 Å². The number of benzene rings is 2. The van der Waals surface area contributed by atoms with Crippen molar-refractivity contribution in [2.45, 2.75) is 72.0 Å². The molecule has 4 aliphatic rings. The van der Waals surface area contributed by atoms with Gasteiger partial charge in [0.1, 0.15) is 43.4 Å². The van der Waals surface area contributed by atoms with Gasteiger partial charge in [-0.1, -0.05) is 12.1 Å². The molecule has 0 radical (unpaired) electrons. The molecular weight excluding hydrogens is 867 g/mol. The summed E-state index contributed by atoms with van der Waals surface area (Å²) >= 11 is 0. The van der Waals surface area contributed by atoms with Crippen molar-refractivity contribution in [3.63, 3.8) is 0 Å². The van der Waals surface area contributed by atoms with Gasteiger partial charge >= 0.3 is 18.2 Å². The Bertz CT molecular complexity index is 2410. The highest BCUT2D eigenvalue weighted by Gasteiger charge is 2.35. The van der Waals surface area contributed by atoms with Crippen molar-refractivity contribution < 1.29 is 62.2 Å². The normalized spacial score (nSPS) is 17.2. The molecule has 3 N–H and O–H groups in total. The molecule has 2 saturated heterocycles. The highest BCUT2D eigenvalue weighted by Crippen LogP contribution is 2.41. The fourth-order valence-electron chi connectivity index (χ4n) is 7.54. The minimum absolute atomic E-state index is 0.0786. The number of carbonyl (C=O) groups excluding carboxylic acids is 3. The van der Waals surface area contributed by atoms with Gasteiger partial charge in [-0.2, -0.15) is 0 Å². The molecule has 2 atom stereocenters. The van der Waals surface area contributed by atoms with Crippen molar-refractivity contribution in [3.8, 4) is 57.3 Å². The van der Waals surface area contributed by atoms with Gasteiger partial charge in [0, 0.05) is 67.5 Å². The topological polar surface area (TPSA) is 221 Å². The minimum atomic E-state index is -0.846. The fourth-order valence-corrected chi connectivity index (χ4v) is 7.54. The monoisotopic (exact) mass is 927 g/mol. The zero-order valence-corrected chi connectivity index (χ0v) is 39.4. The van der Waals surface area contributed by atoms with Crippen LogP contribution < -0.4 is 34.2 Å². The number of ketones is 1. The average Bonchev–Trinajstić information content (AvgIpc) is 4.00. The second-order valence-electron chi connectivity index (χ2n) is 18.2. The molecule has 4 aromatic rings. The summed E-state index contributed by atoms with van der Waals surface area (Å²) in [4.78, 5) is 59.6. The van der Waals surface area contributed by atoms with E-state index in [1.165, 1.54) is 4.90 Å². The number of amides is 2. The summed E-state index contributed by atoms with van der Waals surface area (Å²) in [6.45, 7) is 14.5. The van der Waals surface area contributed by atoms with Crippen molar-refractivity contribution in [1.82, 2.24) is 19.8 Å². The number of carbonyl (C=O) groups is 4. The molecular formula is C49H61N5O13. The molecule has 4 aliphatic heterocycles. The Morgan fingerprint density at radius 3 is 1.61 bits per heavy atom. The number of para-hydroxylation sites is 2. The molecule has 360 valence electrons. The molecule has 18 heteroatoms. The van der Waals surface area contributed by atoms with Crippen LogP contribution in [0.2, 0.25) is 0 Å². The van der Waals surface area contributed by atoms with Gasteiger partial charge < -0.3 is 58.5 Å². The van der Waals surface area contributed by atoms with Crippen molar-refractivity contribution in [3.05, 3.63) is 66.2 Å². The first-order chi connectivity index (χ1) is 31.8. The number of hydrogen-bond donors (Lipinski definition) is 2. The number of aliphatic carboxylic acids is 1. The number of nitrogens with zero attached hydrogens (tertiary/aromatic N) is 4. The number of nitrogen functional groups attached to an aromatic ring is 1. The van der Waals surface area contributed by atoms with E-state index in [9.17, 15) is 19.2 Å². The summed E-state index contributed by atoms with van der Waals surface area (Å²) in [5.74, 6) is 2.21. The molecule has 2 fully saturated rings. The number of pyridine rings is 2. The molecule has 0 bridgehead atoms. The third kappa shape index (κ3) is 13.5. The van der Waals surface area contributed by atoms with E-state index in [0.717, 1.165) is 22.4 Å². The first-order valence-electron chi connectivity index (χ1n) is 22.2. The lowest BCUT2D eigenvalue weighted by atomic mass is 9.96. The molecule has 0 saturated carbocycles. The molecule has 6 heterocycles. The van der Waals surface area contributed by atoms with Gasteiger partial charge in [0.05, 0.1) is 31.5 Å². The van der Waals surface area contributed by atoms with E-state index in [4.69, 9.17) is 48.7 Å². The zero-order valence-electron chi connectivity index (χ0n) is 39.4. The lowest BCUT2D eigenvalue weighted by Crippen LogP contribution is -2.36. The molecule has 0 spiro atoms. The van der Waals surface area contributed by atoms with E-state index in [-0.39, 0.29) is 30.8 Å². The number of carboxylic acids is 1. The van der Waals surface area contributed by atoms with E-state index < -0.39 is 29.2 Å². The van der Waals surface area contributed by atoms with Crippen LogP contribution in [0.3, 0.4) is 0 Å². The van der Waals surface area contributed by atoms with Crippen LogP contribution >= 0.6 is 0 Å². The van der Waals surface area contributed by atoms with E-state index in [2.05, 4.69) is 9.97 Å². The van der Waals surface area contributed by atoms with Crippen LogP contribution in [0.25, 0.3) is 22.5 Å². The summed E-state index contributed by atoms with van der Waals surface area (Å²) in [6.07, 6.45) is 0.567. The highest BCUT2D eigenvalue weighted by atomic mass is 16.6. The SMILES string of the molecule is CC(C)(C)OC(=O)N1CC[C@@H](C(=O)O)C1.COc1cc(CC(=O)[C@@H]2CCN(C(=O)OC(C)(C)C)C2)cc(-c2cccc3c2OCCO3)n1.COc1cc(N)cc(-c2cccc3c2OCCO3)n1. The Kier molecular flexibility index (Phi) is 15.9. The van der Waals surface area contributed by atoms with Crippen LogP contribution in [0, 0.1) is 11.8 Å².